The van der Waals surface area contributed by atoms with E-state index in [9.17, 15) is 0 Å². The van der Waals surface area contributed by atoms with Crippen molar-refractivity contribution in [1.29, 1.82) is 0 Å². The fourth-order valence-electron chi connectivity index (χ4n) is 11.0. The second-order valence-electron chi connectivity index (χ2n) is 24.4. The SMILES string of the molecule is CC(C)(C)[Si]([NH-])(C(C)(C)C)C(C)(C)C.CC(C)(C)[Si]([NH-])(C(C)(C)C)C(C)(C)C.CC(C)(C)[Si]([NH-])(C(C)(C)C)C(C)(C)C.[CH-]1CCCCC1.[Zr+4]. The second kappa shape index (κ2) is 18.4. The first-order valence-electron chi connectivity index (χ1n) is 19.3. The molecular formula is C42H95N3Si3Zr. The molecule has 0 bridgehead atoms. The maximum atomic E-state index is 9.01. The Morgan fingerprint density at radius 1 is 0.286 bits per heavy atom. The van der Waals surface area contributed by atoms with Crippen LogP contribution in [-0.4, -0.2) is 24.7 Å². The Bertz CT molecular complexity index is 690. The van der Waals surface area contributed by atoms with Crippen molar-refractivity contribution in [3.63, 3.8) is 0 Å². The summed E-state index contributed by atoms with van der Waals surface area (Å²) in [6, 6.07) is 0. The van der Waals surface area contributed by atoms with Crippen LogP contribution < -0.4 is 0 Å². The van der Waals surface area contributed by atoms with Gasteiger partial charge in [0.2, 0.25) is 0 Å². The Balaban J connectivity index is -0.000000282. The molecule has 0 spiro atoms. The van der Waals surface area contributed by atoms with Crippen LogP contribution in [0.3, 0.4) is 0 Å². The predicted molar refractivity (Wildman–Crippen MR) is 235 cm³/mol. The van der Waals surface area contributed by atoms with E-state index in [0.29, 0.717) is 0 Å². The molecule has 0 aromatic heterocycles. The first kappa shape index (κ1) is 57.1. The average molecular weight is 818 g/mol. The summed E-state index contributed by atoms with van der Waals surface area (Å²) in [7, 11) is -6.31. The van der Waals surface area contributed by atoms with Crippen molar-refractivity contribution in [1.82, 2.24) is 0 Å². The Labute approximate surface area is 335 Å². The van der Waals surface area contributed by atoms with Gasteiger partial charge in [-0.2, -0.15) is 12.8 Å². The Hall–Kier alpha value is 1.41. The monoisotopic (exact) mass is 816 g/mol. The van der Waals surface area contributed by atoms with Gasteiger partial charge in [-0.25, -0.2) is 0 Å². The molecule has 0 aliphatic heterocycles. The van der Waals surface area contributed by atoms with Crippen LogP contribution in [-0.2, 0) is 26.2 Å². The number of rotatable bonds is 0. The maximum Gasteiger partial charge on any atom is 4.00 e. The Kier molecular flexibility index (Phi) is 21.4. The minimum atomic E-state index is -2.10. The zero-order valence-electron chi connectivity index (χ0n) is 39.1. The standard InChI is InChI=1S/3C12H28NSi.C6H11.Zr/c3*1-10(2,3)14(13,11(4,5)6)12(7,8)9;1-2-4-6-5-3-1;/h3*13H,1-9H3;1H,2-6H2;/q4*-1;+4. The van der Waals surface area contributed by atoms with E-state index in [4.69, 9.17) is 16.2 Å². The van der Waals surface area contributed by atoms with Gasteiger partial charge in [-0.15, -0.1) is 0 Å². The molecule has 0 unspecified atom stereocenters. The third-order valence-electron chi connectivity index (χ3n) is 11.4. The molecule has 0 radical (unpaired) electrons. The largest absolute Gasteiger partial charge is 4.00 e. The van der Waals surface area contributed by atoms with Crippen molar-refractivity contribution in [3.8, 4) is 0 Å². The van der Waals surface area contributed by atoms with E-state index < -0.39 is 24.7 Å². The van der Waals surface area contributed by atoms with Gasteiger partial charge in [0.05, 0.1) is 0 Å². The fourth-order valence-corrected chi connectivity index (χ4v) is 31.3. The van der Waals surface area contributed by atoms with Gasteiger partial charge in [-0.3, -0.25) is 0 Å². The summed E-state index contributed by atoms with van der Waals surface area (Å²) >= 11 is 0. The van der Waals surface area contributed by atoms with Crippen LogP contribution >= 0.6 is 0 Å². The van der Waals surface area contributed by atoms with Gasteiger partial charge in [0.25, 0.3) is 0 Å². The van der Waals surface area contributed by atoms with Gasteiger partial charge in [-0.05, 0) is 24.7 Å². The van der Waals surface area contributed by atoms with Crippen LogP contribution in [0.25, 0.3) is 16.2 Å². The maximum absolute atomic E-state index is 9.01. The van der Waals surface area contributed by atoms with Crippen molar-refractivity contribution >= 4 is 24.7 Å². The zero-order chi connectivity index (χ0) is 40.2. The molecule has 1 rings (SSSR count). The molecule has 0 heterocycles. The molecule has 3 nitrogen and oxygen atoms in total. The molecule has 1 aliphatic carbocycles. The molecule has 0 amide bonds. The zero-order valence-corrected chi connectivity index (χ0v) is 44.6. The minimum Gasteiger partial charge on any atom is -0.678 e. The molecule has 294 valence electrons. The van der Waals surface area contributed by atoms with Crippen LogP contribution in [0.1, 0.15) is 219 Å². The smallest absolute Gasteiger partial charge is 0.678 e. The Morgan fingerprint density at radius 3 is 0.429 bits per heavy atom. The average Bonchev–Trinajstić information content (AvgIpc) is 2.78. The Morgan fingerprint density at radius 2 is 0.408 bits per heavy atom. The molecule has 0 aromatic carbocycles. The van der Waals surface area contributed by atoms with Gasteiger partial charge in [0, 0.05) is 0 Å². The van der Waals surface area contributed by atoms with Gasteiger partial charge < -0.3 is 22.6 Å². The van der Waals surface area contributed by atoms with Crippen molar-refractivity contribution in [2.24, 2.45) is 0 Å². The summed E-state index contributed by atoms with van der Waals surface area (Å²) < 4.78 is 0. The minimum absolute atomic E-state index is 0. The predicted octanol–water partition coefficient (Wildman–Crippen LogP) is 18.3. The molecule has 1 aliphatic rings. The first-order chi connectivity index (χ1) is 20.2. The van der Waals surface area contributed by atoms with Gasteiger partial charge in [0.15, 0.2) is 0 Å². The third kappa shape index (κ3) is 14.2. The summed E-state index contributed by atoms with van der Waals surface area (Å²) in [5.74, 6) is 0. The fraction of sp³-hybridized carbons (Fsp3) is 0.976. The summed E-state index contributed by atoms with van der Waals surface area (Å²) in [6.45, 7) is 60.4. The molecule has 1 fully saturated rings. The van der Waals surface area contributed by atoms with Crippen molar-refractivity contribution < 1.29 is 26.2 Å². The topological polar surface area (TPSA) is 71.4 Å². The van der Waals surface area contributed by atoms with Crippen molar-refractivity contribution in [2.75, 3.05) is 0 Å². The van der Waals surface area contributed by atoms with E-state index in [-0.39, 0.29) is 71.5 Å². The van der Waals surface area contributed by atoms with Gasteiger partial charge in [0.1, 0.15) is 0 Å². The molecule has 0 aromatic rings. The molecular weight excluding hydrogens is 722 g/mol. The van der Waals surface area contributed by atoms with Gasteiger partial charge in [-0.1, -0.05) is 252 Å². The van der Waals surface area contributed by atoms with E-state index in [1.165, 1.54) is 32.1 Å². The normalized spacial score (nSPS) is 16.5. The van der Waals surface area contributed by atoms with Crippen LogP contribution in [0, 0.1) is 6.42 Å². The first-order valence-corrected chi connectivity index (χ1v) is 25.3. The van der Waals surface area contributed by atoms with Gasteiger partial charge >= 0.3 is 26.2 Å². The van der Waals surface area contributed by atoms with E-state index in [2.05, 4.69) is 193 Å². The summed E-state index contributed by atoms with van der Waals surface area (Å²) in [5, 5.41) is 28.2. The summed E-state index contributed by atoms with van der Waals surface area (Å²) in [5.41, 5.74) is 0. The molecule has 3 N–H and O–H groups in total. The molecule has 0 saturated heterocycles. The van der Waals surface area contributed by atoms with Crippen LogP contribution in [0.2, 0.25) is 45.3 Å². The number of hydrogen-bond donors (Lipinski definition) is 0. The summed E-state index contributed by atoms with van der Waals surface area (Å²) in [4.78, 5) is 0. The molecule has 49 heavy (non-hydrogen) atoms. The third-order valence-corrected chi connectivity index (χ3v) is 31.7. The van der Waals surface area contributed by atoms with Crippen LogP contribution in [0.15, 0.2) is 0 Å². The quantitative estimate of drug-likeness (QED) is 0.173. The van der Waals surface area contributed by atoms with E-state index in [0.717, 1.165) is 0 Å². The van der Waals surface area contributed by atoms with Crippen molar-refractivity contribution in [3.05, 3.63) is 22.6 Å². The number of nitrogens with one attached hydrogen (secondary N) is 3. The molecule has 0 atom stereocenters. The van der Waals surface area contributed by atoms with Crippen LogP contribution in [0.4, 0.5) is 0 Å². The second-order valence-corrected chi connectivity index (χ2v) is 42.4. The van der Waals surface area contributed by atoms with E-state index >= 15 is 0 Å². The van der Waals surface area contributed by atoms with Crippen molar-refractivity contribution in [2.45, 2.75) is 264 Å². The van der Waals surface area contributed by atoms with E-state index in [1.54, 1.807) is 0 Å². The number of hydrogen-bond acceptors (Lipinski definition) is 0. The molecule has 7 heteroatoms. The van der Waals surface area contributed by atoms with E-state index in [1.807, 2.05) is 0 Å². The van der Waals surface area contributed by atoms with Crippen LogP contribution in [0.5, 0.6) is 0 Å². The molecule has 1 saturated carbocycles. The summed E-state index contributed by atoms with van der Waals surface area (Å²) in [6.07, 6.45) is 9.50.